The molecule has 0 atom stereocenters. The predicted molar refractivity (Wildman–Crippen MR) is 121 cm³/mol. The highest BCUT2D eigenvalue weighted by Crippen LogP contribution is 2.34. The summed E-state index contributed by atoms with van der Waals surface area (Å²) < 4.78 is 45.3. The molecule has 2 heterocycles. The van der Waals surface area contributed by atoms with Crippen LogP contribution >= 0.6 is 0 Å². The quantitative estimate of drug-likeness (QED) is 0.567. The molecule has 1 aliphatic rings. The number of alkyl halides is 3. The number of carbonyl (C=O) groups is 2. The van der Waals surface area contributed by atoms with E-state index in [1.807, 2.05) is 29.2 Å². The van der Waals surface area contributed by atoms with E-state index in [-0.39, 0.29) is 30.6 Å². The van der Waals surface area contributed by atoms with Gasteiger partial charge in [0.2, 0.25) is 11.8 Å². The summed E-state index contributed by atoms with van der Waals surface area (Å²) in [6.07, 6.45) is -3.47. The molecule has 10 heteroatoms. The van der Waals surface area contributed by atoms with Crippen molar-refractivity contribution in [3.05, 3.63) is 54.1 Å². The van der Waals surface area contributed by atoms with E-state index in [2.05, 4.69) is 10.3 Å². The van der Waals surface area contributed by atoms with Gasteiger partial charge in [0.05, 0.1) is 17.8 Å². The molecule has 0 bridgehead atoms. The van der Waals surface area contributed by atoms with Gasteiger partial charge in [0.1, 0.15) is 5.52 Å². The lowest BCUT2D eigenvalue weighted by Crippen LogP contribution is -2.45. The lowest BCUT2D eigenvalue weighted by molar-refractivity contribution is -0.139. The Morgan fingerprint density at radius 3 is 2.47 bits per heavy atom. The minimum Gasteiger partial charge on any atom is -0.423 e. The lowest BCUT2D eigenvalue weighted by Gasteiger charge is -2.33. The van der Waals surface area contributed by atoms with E-state index >= 15 is 0 Å². The number of amides is 2. The van der Waals surface area contributed by atoms with E-state index in [1.54, 1.807) is 6.92 Å². The Kier molecular flexibility index (Phi) is 6.76. The summed E-state index contributed by atoms with van der Waals surface area (Å²) in [5.41, 5.74) is 0.219. The molecule has 1 saturated heterocycles. The molecule has 1 aliphatic heterocycles. The number of oxazole rings is 1. The first-order valence-corrected chi connectivity index (χ1v) is 11.1. The van der Waals surface area contributed by atoms with Gasteiger partial charge in [-0.25, -0.2) is 0 Å². The van der Waals surface area contributed by atoms with Gasteiger partial charge in [-0.05, 0) is 44.0 Å². The van der Waals surface area contributed by atoms with Crippen molar-refractivity contribution in [3.63, 3.8) is 0 Å². The Bertz CT molecular complexity index is 1140. The van der Waals surface area contributed by atoms with E-state index in [1.165, 1.54) is 23.1 Å². The number of piperidine rings is 1. The van der Waals surface area contributed by atoms with Crippen LogP contribution < -0.4 is 10.2 Å². The zero-order chi connectivity index (χ0) is 24.3. The molecular formula is C24H25F3N4O3. The van der Waals surface area contributed by atoms with Gasteiger partial charge in [0.15, 0.2) is 5.58 Å². The highest BCUT2D eigenvalue weighted by Gasteiger charge is 2.34. The van der Waals surface area contributed by atoms with Gasteiger partial charge in [0, 0.05) is 25.6 Å². The van der Waals surface area contributed by atoms with Gasteiger partial charge in [-0.3, -0.25) is 9.59 Å². The minimum atomic E-state index is -4.59. The molecule has 3 aromatic rings. The van der Waals surface area contributed by atoms with Crippen molar-refractivity contribution in [2.24, 2.45) is 5.92 Å². The summed E-state index contributed by atoms with van der Waals surface area (Å²) in [6.45, 7) is 2.85. The molecule has 0 unspecified atom stereocenters. The number of aromatic nitrogens is 1. The molecule has 180 valence electrons. The molecule has 0 radical (unpaired) electrons. The third-order valence-corrected chi connectivity index (χ3v) is 5.93. The molecule has 0 aliphatic carbocycles. The molecule has 1 aromatic heterocycles. The molecule has 34 heavy (non-hydrogen) atoms. The third-order valence-electron chi connectivity index (χ3n) is 5.93. The fourth-order valence-corrected chi connectivity index (χ4v) is 4.12. The normalized spacial score (nSPS) is 14.9. The number of nitrogens with one attached hydrogen (secondary N) is 1. The first-order valence-electron chi connectivity index (χ1n) is 11.1. The van der Waals surface area contributed by atoms with Gasteiger partial charge >= 0.3 is 6.18 Å². The smallest absolute Gasteiger partial charge is 0.418 e. The van der Waals surface area contributed by atoms with Gasteiger partial charge in [0.25, 0.3) is 6.01 Å². The van der Waals surface area contributed by atoms with Crippen molar-refractivity contribution in [2.75, 3.05) is 36.4 Å². The second kappa shape index (κ2) is 9.74. The SMILES string of the molecule is CCN(CC(=O)Nc1ccccc1C(F)(F)F)C(=O)C1CCN(c2nc3ccccc3o2)CC1. The van der Waals surface area contributed by atoms with Crippen LogP contribution in [-0.2, 0) is 15.8 Å². The van der Waals surface area contributed by atoms with Crippen molar-refractivity contribution >= 4 is 34.6 Å². The molecule has 7 nitrogen and oxygen atoms in total. The van der Waals surface area contributed by atoms with Crippen LogP contribution in [0.15, 0.2) is 52.9 Å². The van der Waals surface area contributed by atoms with Crippen LogP contribution in [0.5, 0.6) is 0 Å². The molecule has 2 amide bonds. The highest BCUT2D eigenvalue weighted by molar-refractivity contribution is 5.95. The zero-order valence-electron chi connectivity index (χ0n) is 18.6. The molecule has 0 spiro atoms. The molecule has 2 aromatic carbocycles. The van der Waals surface area contributed by atoms with Crippen LogP contribution in [0.3, 0.4) is 0 Å². The van der Waals surface area contributed by atoms with Crippen molar-refractivity contribution < 1.29 is 27.2 Å². The second-order valence-corrected chi connectivity index (χ2v) is 8.17. The number of halogens is 3. The van der Waals surface area contributed by atoms with Crippen LogP contribution in [0.4, 0.5) is 24.9 Å². The average Bonchev–Trinajstić information content (AvgIpc) is 3.26. The summed E-state index contributed by atoms with van der Waals surface area (Å²) in [7, 11) is 0. The number of carbonyl (C=O) groups excluding carboxylic acids is 2. The topological polar surface area (TPSA) is 78.7 Å². The fourth-order valence-electron chi connectivity index (χ4n) is 4.12. The predicted octanol–water partition coefficient (Wildman–Crippen LogP) is 4.55. The summed E-state index contributed by atoms with van der Waals surface area (Å²) in [4.78, 5) is 33.4. The first kappa shape index (κ1) is 23.6. The first-order chi connectivity index (χ1) is 16.3. The zero-order valence-corrected chi connectivity index (χ0v) is 18.6. The summed E-state index contributed by atoms with van der Waals surface area (Å²) >= 11 is 0. The Balaban J connectivity index is 1.34. The van der Waals surface area contributed by atoms with Gasteiger partial charge in [-0.2, -0.15) is 18.2 Å². The van der Waals surface area contributed by atoms with Crippen molar-refractivity contribution in [1.29, 1.82) is 0 Å². The Labute approximate surface area is 194 Å². The number of rotatable bonds is 6. The monoisotopic (exact) mass is 474 g/mol. The largest absolute Gasteiger partial charge is 0.423 e. The number of anilines is 2. The summed E-state index contributed by atoms with van der Waals surface area (Å²) in [5, 5.41) is 2.30. The number of fused-ring (bicyclic) bond motifs is 1. The van der Waals surface area contributed by atoms with E-state index in [0.717, 1.165) is 11.6 Å². The van der Waals surface area contributed by atoms with E-state index in [0.29, 0.717) is 37.5 Å². The molecule has 0 saturated carbocycles. The van der Waals surface area contributed by atoms with Gasteiger partial charge in [-0.15, -0.1) is 0 Å². The number of likely N-dealkylation sites (N-methyl/N-ethyl adjacent to an activating group) is 1. The standard InChI is InChI=1S/C24H25F3N4O3/c1-2-30(15-21(32)28-18-8-4-3-7-17(18)24(25,26)27)22(33)16-11-13-31(14-12-16)23-29-19-9-5-6-10-20(19)34-23/h3-10,16H,2,11-15H2,1H3,(H,28,32). The fraction of sp³-hybridized carbons (Fsp3) is 0.375. The van der Waals surface area contributed by atoms with Gasteiger partial charge < -0.3 is 19.5 Å². The maximum absolute atomic E-state index is 13.2. The summed E-state index contributed by atoms with van der Waals surface area (Å²) in [6, 6.07) is 12.8. The van der Waals surface area contributed by atoms with Crippen LogP contribution in [0.25, 0.3) is 11.1 Å². The third kappa shape index (κ3) is 5.16. The number of hydrogen-bond donors (Lipinski definition) is 1. The number of hydrogen-bond acceptors (Lipinski definition) is 5. The Morgan fingerprint density at radius 2 is 1.79 bits per heavy atom. The van der Waals surface area contributed by atoms with Crippen LogP contribution in [0, 0.1) is 5.92 Å². The van der Waals surface area contributed by atoms with Crippen LogP contribution in [0.1, 0.15) is 25.3 Å². The van der Waals surface area contributed by atoms with Crippen molar-refractivity contribution in [1.82, 2.24) is 9.88 Å². The molecule has 1 fully saturated rings. The van der Waals surface area contributed by atoms with Crippen LogP contribution in [0.2, 0.25) is 0 Å². The Hall–Kier alpha value is -3.56. The van der Waals surface area contributed by atoms with E-state index in [4.69, 9.17) is 4.42 Å². The maximum atomic E-state index is 13.2. The lowest BCUT2D eigenvalue weighted by atomic mass is 9.95. The van der Waals surface area contributed by atoms with Crippen molar-refractivity contribution in [2.45, 2.75) is 25.9 Å². The number of benzene rings is 2. The highest BCUT2D eigenvalue weighted by atomic mass is 19.4. The number of nitrogens with zero attached hydrogens (tertiary/aromatic N) is 3. The molecule has 4 rings (SSSR count). The number of para-hydroxylation sites is 3. The maximum Gasteiger partial charge on any atom is 0.418 e. The minimum absolute atomic E-state index is 0.182. The second-order valence-electron chi connectivity index (χ2n) is 8.17. The van der Waals surface area contributed by atoms with Crippen molar-refractivity contribution in [3.8, 4) is 0 Å². The Morgan fingerprint density at radius 1 is 1.12 bits per heavy atom. The van der Waals surface area contributed by atoms with Crippen LogP contribution in [-0.4, -0.2) is 47.9 Å². The summed E-state index contributed by atoms with van der Waals surface area (Å²) in [5.74, 6) is -1.13. The average molecular weight is 474 g/mol. The van der Waals surface area contributed by atoms with E-state index in [9.17, 15) is 22.8 Å². The van der Waals surface area contributed by atoms with E-state index < -0.39 is 17.6 Å². The van der Waals surface area contributed by atoms with Gasteiger partial charge in [-0.1, -0.05) is 24.3 Å². The molecule has 1 N–H and O–H groups in total. The molecular weight excluding hydrogens is 449 g/mol.